The third-order valence-corrected chi connectivity index (χ3v) is 3.97. The first-order chi connectivity index (χ1) is 12.7. The molecular weight excluding hydrogens is 328 g/mol. The molecule has 2 aromatic heterocycles. The van der Waals surface area contributed by atoms with Gasteiger partial charge >= 0.3 is 5.97 Å². The lowest BCUT2D eigenvalue weighted by Gasteiger charge is -2.06. The first-order valence-corrected chi connectivity index (χ1v) is 8.21. The van der Waals surface area contributed by atoms with Gasteiger partial charge in [0.2, 0.25) is 0 Å². The normalized spacial score (nSPS) is 10.8. The molecule has 0 amide bonds. The Morgan fingerprint density at radius 1 is 1.00 bits per heavy atom. The van der Waals surface area contributed by atoms with Gasteiger partial charge in [-0.25, -0.2) is 9.97 Å². The quantitative estimate of drug-likeness (QED) is 0.530. The van der Waals surface area contributed by atoms with Crippen LogP contribution in [0.2, 0.25) is 0 Å². The molecule has 0 unspecified atom stereocenters. The van der Waals surface area contributed by atoms with Crippen molar-refractivity contribution in [1.29, 1.82) is 0 Å². The van der Waals surface area contributed by atoms with Gasteiger partial charge in [-0.1, -0.05) is 60.7 Å². The molecule has 0 fully saturated rings. The van der Waals surface area contributed by atoms with Gasteiger partial charge in [0.05, 0.1) is 11.9 Å². The number of nitrogens with zero attached hydrogens (tertiary/aromatic N) is 4. The summed E-state index contributed by atoms with van der Waals surface area (Å²) in [5.41, 5.74) is 3.99. The SMILES string of the molecule is CC(=O)OCc1c(-c2ccccc2)nc2ncc(-c3ccccc3)nn12. The van der Waals surface area contributed by atoms with Gasteiger partial charge < -0.3 is 4.74 Å². The summed E-state index contributed by atoms with van der Waals surface area (Å²) in [4.78, 5) is 20.4. The van der Waals surface area contributed by atoms with Crippen LogP contribution < -0.4 is 0 Å². The van der Waals surface area contributed by atoms with E-state index in [1.807, 2.05) is 60.7 Å². The lowest BCUT2D eigenvalue weighted by Crippen LogP contribution is -2.06. The smallest absolute Gasteiger partial charge is 0.303 e. The number of hydrogen-bond acceptors (Lipinski definition) is 5. The van der Waals surface area contributed by atoms with Gasteiger partial charge in [0.15, 0.2) is 0 Å². The van der Waals surface area contributed by atoms with Crippen molar-refractivity contribution in [3.63, 3.8) is 0 Å². The highest BCUT2D eigenvalue weighted by molar-refractivity contribution is 5.68. The number of fused-ring (bicyclic) bond motifs is 1. The lowest BCUT2D eigenvalue weighted by molar-refractivity contribution is -0.142. The molecule has 0 spiro atoms. The zero-order chi connectivity index (χ0) is 17.9. The van der Waals surface area contributed by atoms with Crippen LogP contribution in [0.25, 0.3) is 28.3 Å². The van der Waals surface area contributed by atoms with Crippen molar-refractivity contribution in [3.05, 3.63) is 72.6 Å². The van der Waals surface area contributed by atoms with Gasteiger partial charge in [0, 0.05) is 18.1 Å². The molecule has 0 radical (unpaired) electrons. The number of benzene rings is 2. The van der Waals surface area contributed by atoms with Gasteiger partial charge in [-0.2, -0.15) is 9.61 Å². The Morgan fingerprint density at radius 2 is 1.65 bits per heavy atom. The van der Waals surface area contributed by atoms with Crippen molar-refractivity contribution in [3.8, 4) is 22.5 Å². The van der Waals surface area contributed by atoms with E-state index in [-0.39, 0.29) is 12.6 Å². The molecule has 0 saturated heterocycles. The Labute approximate surface area is 150 Å². The van der Waals surface area contributed by atoms with Gasteiger partial charge in [0.1, 0.15) is 18.0 Å². The zero-order valence-corrected chi connectivity index (χ0v) is 14.2. The van der Waals surface area contributed by atoms with Crippen LogP contribution in [0.3, 0.4) is 0 Å². The molecule has 6 nitrogen and oxygen atoms in total. The van der Waals surface area contributed by atoms with Gasteiger partial charge in [-0.15, -0.1) is 0 Å². The minimum atomic E-state index is -0.355. The molecule has 26 heavy (non-hydrogen) atoms. The number of rotatable bonds is 4. The average Bonchev–Trinajstić information content (AvgIpc) is 3.05. The van der Waals surface area contributed by atoms with E-state index in [1.54, 1.807) is 10.7 Å². The number of carbonyl (C=O) groups is 1. The van der Waals surface area contributed by atoms with E-state index in [0.29, 0.717) is 17.2 Å². The minimum absolute atomic E-state index is 0.0770. The largest absolute Gasteiger partial charge is 0.459 e. The van der Waals surface area contributed by atoms with Crippen molar-refractivity contribution in [2.45, 2.75) is 13.5 Å². The van der Waals surface area contributed by atoms with Gasteiger partial charge in [0.25, 0.3) is 5.78 Å². The maximum atomic E-state index is 11.3. The molecule has 4 rings (SSSR count). The fourth-order valence-corrected chi connectivity index (χ4v) is 2.74. The first kappa shape index (κ1) is 16.0. The molecule has 2 aromatic carbocycles. The monoisotopic (exact) mass is 344 g/mol. The number of aromatic nitrogens is 4. The Bertz CT molecular complexity index is 1060. The van der Waals surface area contributed by atoms with E-state index in [1.165, 1.54) is 6.92 Å². The highest BCUT2D eigenvalue weighted by Gasteiger charge is 2.17. The number of ether oxygens (including phenoxy) is 1. The van der Waals surface area contributed by atoms with Crippen LogP contribution in [0.1, 0.15) is 12.6 Å². The predicted molar refractivity (Wildman–Crippen MR) is 97.1 cm³/mol. The van der Waals surface area contributed by atoms with E-state index >= 15 is 0 Å². The summed E-state index contributed by atoms with van der Waals surface area (Å²) in [5.74, 6) is 0.108. The second kappa shape index (κ2) is 6.76. The molecule has 6 heteroatoms. The third kappa shape index (κ3) is 3.04. The molecule has 0 aliphatic rings. The van der Waals surface area contributed by atoms with Crippen molar-refractivity contribution in [2.24, 2.45) is 0 Å². The summed E-state index contributed by atoms with van der Waals surface area (Å²) in [6.45, 7) is 1.46. The lowest BCUT2D eigenvalue weighted by atomic mass is 10.1. The van der Waals surface area contributed by atoms with Crippen molar-refractivity contribution < 1.29 is 9.53 Å². The predicted octanol–water partition coefficient (Wildman–Crippen LogP) is 3.52. The van der Waals surface area contributed by atoms with E-state index < -0.39 is 0 Å². The average molecular weight is 344 g/mol. The van der Waals surface area contributed by atoms with Crippen LogP contribution in [0, 0.1) is 0 Å². The Hall–Kier alpha value is -3.54. The fourth-order valence-electron chi connectivity index (χ4n) is 2.74. The topological polar surface area (TPSA) is 69.4 Å². The Balaban J connectivity index is 1.88. The maximum absolute atomic E-state index is 11.3. The summed E-state index contributed by atoms with van der Waals surface area (Å²) < 4.78 is 6.88. The summed E-state index contributed by atoms with van der Waals surface area (Å²) in [5, 5.41) is 4.67. The van der Waals surface area contributed by atoms with Crippen molar-refractivity contribution >= 4 is 11.7 Å². The van der Waals surface area contributed by atoms with E-state index in [9.17, 15) is 4.79 Å². The maximum Gasteiger partial charge on any atom is 0.303 e. The van der Waals surface area contributed by atoms with Crippen LogP contribution in [0.5, 0.6) is 0 Å². The molecule has 4 aromatic rings. The highest BCUT2D eigenvalue weighted by Crippen LogP contribution is 2.25. The summed E-state index contributed by atoms with van der Waals surface area (Å²) in [7, 11) is 0. The molecule has 2 heterocycles. The Kier molecular flexibility index (Phi) is 4.15. The highest BCUT2D eigenvalue weighted by atomic mass is 16.5. The molecule has 128 valence electrons. The number of esters is 1. The molecule has 0 aliphatic heterocycles. The van der Waals surface area contributed by atoms with Crippen LogP contribution in [-0.2, 0) is 16.1 Å². The first-order valence-electron chi connectivity index (χ1n) is 8.21. The second-order valence-electron chi connectivity index (χ2n) is 5.77. The molecule has 0 N–H and O–H groups in total. The third-order valence-electron chi connectivity index (χ3n) is 3.97. The van der Waals surface area contributed by atoms with Gasteiger partial charge in [-0.05, 0) is 0 Å². The number of carbonyl (C=O) groups excluding carboxylic acids is 1. The summed E-state index contributed by atoms with van der Waals surface area (Å²) >= 11 is 0. The standard InChI is InChI=1S/C20H16N4O2/c1-14(25)26-13-18-19(16-10-6-3-7-11-16)22-20-21-12-17(23-24(18)20)15-8-4-2-5-9-15/h2-12H,13H2,1H3. The van der Waals surface area contributed by atoms with Crippen molar-refractivity contribution in [2.75, 3.05) is 0 Å². The molecule has 0 aliphatic carbocycles. The van der Waals surface area contributed by atoms with Gasteiger partial charge in [-0.3, -0.25) is 4.79 Å². The van der Waals surface area contributed by atoms with Crippen LogP contribution in [0.15, 0.2) is 66.9 Å². The number of hydrogen-bond donors (Lipinski definition) is 0. The van der Waals surface area contributed by atoms with E-state index in [0.717, 1.165) is 16.8 Å². The fraction of sp³-hybridized carbons (Fsp3) is 0.100. The zero-order valence-electron chi connectivity index (χ0n) is 14.2. The Morgan fingerprint density at radius 3 is 2.31 bits per heavy atom. The summed E-state index contributed by atoms with van der Waals surface area (Å²) in [6.07, 6.45) is 1.70. The van der Waals surface area contributed by atoms with E-state index in [4.69, 9.17) is 4.74 Å². The second-order valence-corrected chi connectivity index (χ2v) is 5.77. The van der Waals surface area contributed by atoms with Crippen LogP contribution in [0.4, 0.5) is 0 Å². The van der Waals surface area contributed by atoms with Crippen molar-refractivity contribution in [1.82, 2.24) is 19.6 Å². The molecule has 0 atom stereocenters. The van der Waals surface area contributed by atoms with Crippen LogP contribution in [-0.4, -0.2) is 25.6 Å². The number of imidazole rings is 1. The van der Waals surface area contributed by atoms with Crippen LogP contribution >= 0.6 is 0 Å². The molecule has 0 saturated carbocycles. The molecule has 0 bridgehead atoms. The summed E-state index contributed by atoms with van der Waals surface area (Å²) in [6, 6.07) is 19.5. The van der Waals surface area contributed by atoms with E-state index in [2.05, 4.69) is 15.1 Å². The minimum Gasteiger partial charge on any atom is -0.459 e. The molecular formula is C20H16N4O2.